The molecule has 0 heterocycles. The molecule has 0 amide bonds. The maximum atomic E-state index is 12.4. The topological polar surface area (TPSA) is 74.6 Å². The molecule has 0 radical (unpaired) electrons. The van der Waals surface area contributed by atoms with Crippen molar-refractivity contribution >= 4 is 16.2 Å². The molecule has 8 heteroatoms. The zero-order valence-electron chi connectivity index (χ0n) is 7.64. The Morgan fingerprint density at radius 3 is 1.69 bits per heavy atom. The molecule has 1 aromatic rings. The summed E-state index contributed by atoms with van der Waals surface area (Å²) in [4.78, 5) is 0. The van der Waals surface area contributed by atoms with Crippen LogP contribution in [0.15, 0.2) is 36.4 Å². The van der Waals surface area contributed by atoms with Crippen LogP contribution in [-0.2, 0) is 10.4 Å². The van der Waals surface area contributed by atoms with Crippen LogP contribution in [0.3, 0.4) is 0 Å². The van der Waals surface area contributed by atoms with Gasteiger partial charge in [-0.2, -0.15) is 17.2 Å². The highest BCUT2D eigenvalue weighted by atomic mass is 32.3. The summed E-state index contributed by atoms with van der Waals surface area (Å²) in [5.74, 6) is -1.45. The van der Waals surface area contributed by atoms with Gasteiger partial charge in [-0.15, -0.1) is 0 Å². The maximum Gasteiger partial charge on any atom is 0.394 e. The highest BCUT2D eigenvalue weighted by Crippen LogP contribution is 2.20. The zero-order chi connectivity index (χ0) is 12.8. The average molecular weight is 256 g/mol. The van der Waals surface area contributed by atoms with E-state index >= 15 is 0 Å². The van der Waals surface area contributed by atoms with Crippen molar-refractivity contribution in [2.45, 2.75) is 0 Å². The highest BCUT2D eigenvalue weighted by Gasteiger charge is 2.05. The molecule has 0 spiro atoms. The quantitative estimate of drug-likeness (QED) is 0.757. The lowest BCUT2D eigenvalue weighted by atomic mass is 10.2. The van der Waals surface area contributed by atoms with Gasteiger partial charge in [0, 0.05) is 5.56 Å². The van der Waals surface area contributed by atoms with Crippen LogP contribution in [0.2, 0.25) is 0 Å². The lowest BCUT2D eigenvalue weighted by molar-refractivity contribution is 0.381. The predicted molar refractivity (Wildman–Crippen MR) is 50.9 cm³/mol. The smallest absolute Gasteiger partial charge is 0.264 e. The van der Waals surface area contributed by atoms with Crippen molar-refractivity contribution in [3.63, 3.8) is 0 Å². The largest absolute Gasteiger partial charge is 0.394 e. The highest BCUT2D eigenvalue weighted by molar-refractivity contribution is 7.79. The van der Waals surface area contributed by atoms with Crippen LogP contribution in [0.25, 0.3) is 5.83 Å². The van der Waals surface area contributed by atoms with E-state index < -0.39 is 22.3 Å². The van der Waals surface area contributed by atoms with Crippen LogP contribution >= 0.6 is 0 Å². The summed E-state index contributed by atoms with van der Waals surface area (Å²) in [7, 11) is -4.67. The zero-order valence-corrected chi connectivity index (χ0v) is 8.46. The Labute approximate surface area is 89.6 Å². The van der Waals surface area contributed by atoms with Gasteiger partial charge < -0.3 is 0 Å². The summed E-state index contributed by atoms with van der Waals surface area (Å²) in [6, 6.07) is 7.20. The molecule has 0 aliphatic carbocycles. The second kappa shape index (κ2) is 6.26. The van der Waals surface area contributed by atoms with Crippen molar-refractivity contribution in [3.05, 3.63) is 42.0 Å². The number of halogens is 3. The number of hydrogen-bond donors (Lipinski definition) is 2. The fraction of sp³-hybridized carbons (Fsp3) is 0. The molecule has 4 nitrogen and oxygen atoms in total. The Morgan fingerprint density at radius 2 is 1.38 bits per heavy atom. The van der Waals surface area contributed by atoms with Crippen molar-refractivity contribution in [2.24, 2.45) is 0 Å². The van der Waals surface area contributed by atoms with Gasteiger partial charge in [-0.25, -0.2) is 4.39 Å². The van der Waals surface area contributed by atoms with Crippen molar-refractivity contribution in [1.29, 1.82) is 0 Å². The molecule has 0 aromatic heterocycles. The standard InChI is InChI=1S/C8H5F3.H2O4S/c9-7(8(10)11)6-4-2-1-3-5-6;1-5(2,3)4/h1-5H;(H2,1,2,3,4). The van der Waals surface area contributed by atoms with Crippen LogP contribution in [0.1, 0.15) is 5.56 Å². The predicted octanol–water partition coefficient (Wildman–Crippen LogP) is 2.57. The molecule has 0 fully saturated rings. The summed E-state index contributed by atoms with van der Waals surface area (Å²) in [6.07, 6.45) is -2.28. The molecule has 0 aliphatic rings. The SMILES string of the molecule is FC(F)=C(F)c1ccccc1.O=S(=O)(O)O. The molecule has 1 aromatic carbocycles. The molecule has 0 unspecified atom stereocenters. The van der Waals surface area contributed by atoms with E-state index in [0.717, 1.165) is 0 Å². The van der Waals surface area contributed by atoms with Crippen LogP contribution in [0, 0.1) is 0 Å². The molecule has 0 atom stereocenters. The van der Waals surface area contributed by atoms with Gasteiger partial charge in [0.2, 0.25) is 0 Å². The fourth-order valence-electron chi connectivity index (χ4n) is 0.694. The van der Waals surface area contributed by atoms with Crippen LogP contribution in [-0.4, -0.2) is 17.5 Å². The van der Waals surface area contributed by atoms with E-state index in [1.165, 1.54) is 24.3 Å². The van der Waals surface area contributed by atoms with E-state index in [4.69, 9.17) is 17.5 Å². The van der Waals surface area contributed by atoms with Gasteiger partial charge in [-0.05, 0) is 0 Å². The minimum absolute atomic E-state index is 0.0903. The summed E-state index contributed by atoms with van der Waals surface area (Å²) < 4.78 is 67.2. The minimum Gasteiger partial charge on any atom is -0.264 e. The third-order valence-corrected chi connectivity index (χ3v) is 1.19. The van der Waals surface area contributed by atoms with Gasteiger partial charge in [-0.3, -0.25) is 9.11 Å². The Hall–Kier alpha value is -1.38. The molecule has 90 valence electrons. The third-order valence-electron chi connectivity index (χ3n) is 1.19. The molecule has 0 saturated carbocycles. The van der Waals surface area contributed by atoms with Crippen molar-refractivity contribution < 1.29 is 30.7 Å². The average Bonchev–Trinajstić information content (AvgIpc) is 2.15. The molecule has 2 N–H and O–H groups in total. The summed E-state index contributed by atoms with van der Waals surface area (Å²) in [5, 5.41) is 0. The van der Waals surface area contributed by atoms with Crippen LogP contribution < -0.4 is 0 Å². The Kier molecular flexibility index (Phi) is 5.72. The Balaban J connectivity index is 0.000000385. The molecule has 0 saturated heterocycles. The van der Waals surface area contributed by atoms with Gasteiger partial charge in [0.1, 0.15) is 0 Å². The first-order valence-electron chi connectivity index (χ1n) is 3.68. The second-order valence-electron chi connectivity index (χ2n) is 2.39. The first kappa shape index (κ1) is 14.6. The molecule has 1 rings (SSSR count). The van der Waals surface area contributed by atoms with E-state index in [-0.39, 0.29) is 5.56 Å². The monoisotopic (exact) mass is 256 g/mol. The van der Waals surface area contributed by atoms with Gasteiger partial charge in [0.15, 0.2) is 5.83 Å². The Morgan fingerprint density at radius 1 is 1.00 bits per heavy atom. The first-order chi connectivity index (χ1) is 7.22. The number of rotatable bonds is 1. The maximum absolute atomic E-state index is 12.4. The van der Waals surface area contributed by atoms with Crippen LogP contribution in [0.5, 0.6) is 0 Å². The summed E-state index contributed by atoms with van der Waals surface area (Å²) >= 11 is 0. The second-order valence-corrected chi connectivity index (χ2v) is 3.28. The lowest BCUT2D eigenvalue weighted by Gasteiger charge is -1.93. The van der Waals surface area contributed by atoms with E-state index in [2.05, 4.69) is 0 Å². The third kappa shape index (κ3) is 7.97. The molecule has 0 bridgehead atoms. The Bertz CT molecular complexity index is 443. The normalized spacial score (nSPS) is 10.1. The van der Waals surface area contributed by atoms with Gasteiger partial charge >= 0.3 is 16.5 Å². The van der Waals surface area contributed by atoms with Crippen molar-refractivity contribution in [3.8, 4) is 0 Å². The lowest BCUT2D eigenvalue weighted by Crippen LogP contribution is -1.89. The van der Waals surface area contributed by atoms with Crippen molar-refractivity contribution in [1.82, 2.24) is 0 Å². The summed E-state index contributed by atoms with van der Waals surface area (Å²) in [6.45, 7) is 0. The van der Waals surface area contributed by atoms with E-state index in [0.29, 0.717) is 0 Å². The minimum atomic E-state index is -4.67. The van der Waals surface area contributed by atoms with Gasteiger partial charge in [-0.1, -0.05) is 30.3 Å². The molecular formula is C8H7F3O4S. The van der Waals surface area contributed by atoms with E-state index in [9.17, 15) is 13.2 Å². The number of benzene rings is 1. The fourth-order valence-corrected chi connectivity index (χ4v) is 0.694. The van der Waals surface area contributed by atoms with Crippen LogP contribution in [0.4, 0.5) is 13.2 Å². The molecule has 16 heavy (non-hydrogen) atoms. The molecule has 0 aliphatic heterocycles. The van der Waals surface area contributed by atoms with E-state index in [1.54, 1.807) is 6.07 Å². The first-order valence-corrected chi connectivity index (χ1v) is 5.07. The molecular weight excluding hydrogens is 249 g/mol. The van der Waals surface area contributed by atoms with Crippen molar-refractivity contribution in [2.75, 3.05) is 0 Å². The van der Waals surface area contributed by atoms with Gasteiger partial charge in [0.25, 0.3) is 0 Å². The summed E-state index contributed by atoms with van der Waals surface area (Å²) in [5.41, 5.74) is -0.0903. The van der Waals surface area contributed by atoms with Gasteiger partial charge in [0.05, 0.1) is 0 Å². The van der Waals surface area contributed by atoms with E-state index in [1.807, 2.05) is 0 Å². The number of hydrogen-bond acceptors (Lipinski definition) is 2.